The van der Waals surface area contributed by atoms with Crippen LogP contribution in [-0.4, -0.2) is 18.0 Å². The topological polar surface area (TPSA) is 38.9 Å². The quantitative estimate of drug-likeness (QED) is 0.130. The molecule has 0 bridgehead atoms. The van der Waals surface area contributed by atoms with E-state index in [0.717, 1.165) is 45.6 Å². The SMILES string of the molecule is C[Si](C)(C)c1ccc(-c2[c-]cccc2)nc1.Fc1cccc2c1oc1c[c-]c(-c3cc(CC4CCCC4)ccn3)cc12.[Ir]. The first kappa shape index (κ1) is 31.0. The number of halogens is 1. The van der Waals surface area contributed by atoms with Crippen LogP contribution in [-0.2, 0) is 26.5 Å². The molecule has 1 aliphatic carbocycles. The summed E-state index contributed by atoms with van der Waals surface area (Å²) < 4.78 is 19.6. The summed E-state index contributed by atoms with van der Waals surface area (Å²) in [5.41, 5.74) is 6.17. The molecular formula is C37H35FIrN2OSi-2. The molecule has 0 saturated heterocycles. The zero-order valence-corrected chi connectivity index (χ0v) is 28.2. The number of aromatic nitrogens is 2. The van der Waals surface area contributed by atoms with Crippen LogP contribution in [0.1, 0.15) is 31.2 Å². The molecule has 7 rings (SSSR count). The Morgan fingerprint density at radius 2 is 1.70 bits per heavy atom. The van der Waals surface area contributed by atoms with Gasteiger partial charge in [-0.1, -0.05) is 86.6 Å². The van der Waals surface area contributed by atoms with Crippen molar-refractivity contribution in [2.24, 2.45) is 5.92 Å². The predicted octanol–water partition coefficient (Wildman–Crippen LogP) is 9.41. The second kappa shape index (κ2) is 13.5. The maximum absolute atomic E-state index is 14.0. The summed E-state index contributed by atoms with van der Waals surface area (Å²) >= 11 is 0. The largest absolute Gasteiger partial charge is 0.497 e. The second-order valence-electron chi connectivity index (χ2n) is 12.2. The van der Waals surface area contributed by atoms with E-state index in [0.29, 0.717) is 11.2 Å². The molecule has 6 aromatic rings. The molecular weight excluding hydrogens is 728 g/mol. The fraction of sp³-hybridized carbons (Fsp3) is 0.243. The molecule has 3 aromatic heterocycles. The zero-order valence-electron chi connectivity index (χ0n) is 24.8. The van der Waals surface area contributed by atoms with Crippen molar-refractivity contribution in [3.05, 3.63) is 115 Å². The smallest absolute Gasteiger partial charge is 0.165 e. The van der Waals surface area contributed by atoms with Crippen molar-refractivity contribution in [2.75, 3.05) is 0 Å². The van der Waals surface area contributed by atoms with E-state index in [1.165, 1.54) is 42.5 Å². The first-order chi connectivity index (χ1) is 20.3. The normalized spacial score (nSPS) is 13.5. The minimum Gasteiger partial charge on any atom is -0.497 e. The average molecular weight is 763 g/mol. The molecule has 43 heavy (non-hydrogen) atoms. The molecule has 0 amide bonds. The van der Waals surface area contributed by atoms with E-state index < -0.39 is 8.07 Å². The fourth-order valence-electron chi connectivity index (χ4n) is 5.70. The van der Waals surface area contributed by atoms with E-state index in [4.69, 9.17) is 4.42 Å². The summed E-state index contributed by atoms with van der Waals surface area (Å²) in [5.74, 6) is 0.467. The van der Waals surface area contributed by atoms with Crippen molar-refractivity contribution in [1.29, 1.82) is 0 Å². The molecule has 6 heteroatoms. The van der Waals surface area contributed by atoms with Gasteiger partial charge in [0.25, 0.3) is 0 Å². The summed E-state index contributed by atoms with van der Waals surface area (Å²) in [7, 11) is -1.23. The van der Waals surface area contributed by atoms with Crippen molar-refractivity contribution in [2.45, 2.75) is 51.7 Å². The summed E-state index contributed by atoms with van der Waals surface area (Å²) in [4.78, 5) is 9.06. The van der Waals surface area contributed by atoms with Crippen LogP contribution < -0.4 is 5.19 Å². The number of furan rings is 1. The summed E-state index contributed by atoms with van der Waals surface area (Å²) in [5, 5.41) is 3.08. The number of nitrogens with zero attached hydrogens (tertiary/aromatic N) is 2. The van der Waals surface area contributed by atoms with Gasteiger partial charge in [-0.15, -0.1) is 59.7 Å². The van der Waals surface area contributed by atoms with Crippen LogP contribution in [0, 0.1) is 23.9 Å². The molecule has 221 valence electrons. The van der Waals surface area contributed by atoms with E-state index in [2.05, 4.69) is 66.0 Å². The first-order valence-electron chi connectivity index (χ1n) is 14.8. The number of benzene rings is 3. The molecule has 3 aromatic carbocycles. The molecule has 0 atom stereocenters. The third-order valence-corrected chi connectivity index (χ3v) is 10.1. The van der Waals surface area contributed by atoms with Crippen LogP contribution in [0.25, 0.3) is 44.5 Å². The van der Waals surface area contributed by atoms with Crippen LogP contribution in [0.5, 0.6) is 0 Å². The first-order valence-corrected chi connectivity index (χ1v) is 18.3. The van der Waals surface area contributed by atoms with Gasteiger partial charge in [0, 0.05) is 37.9 Å². The van der Waals surface area contributed by atoms with Crippen molar-refractivity contribution in [1.82, 2.24) is 9.97 Å². The van der Waals surface area contributed by atoms with Gasteiger partial charge in [-0.3, -0.25) is 0 Å². The Balaban J connectivity index is 0.000000188. The van der Waals surface area contributed by atoms with Crippen LogP contribution in [0.2, 0.25) is 19.6 Å². The van der Waals surface area contributed by atoms with Crippen LogP contribution in [0.4, 0.5) is 4.39 Å². The Hall–Kier alpha value is -3.44. The van der Waals surface area contributed by atoms with Gasteiger partial charge in [-0.2, -0.15) is 0 Å². The van der Waals surface area contributed by atoms with Crippen molar-refractivity contribution in [3.8, 4) is 22.5 Å². The van der Waals surface area contributed by atoms with E-state index in [1.807, 2.05) is 48.8 Å². The van der Waals surface area contributed by atoms with Gasteiger partial charge in [0.1, 0.15) is 0 Å². The van der Waals surface area contributed by atoms with Gasteiger partial charge in [0.2, 0.25) is 0 Å². The van der Waals surface area contributed by atoms with Gasteiger partial charge in [-0.05, 0) is 41.0 Å². The third-order valence-electron chi connectivity index (χ3n) is 8.10. The van der Waals surface area contributed by atoms with Gasteiger partial charge < -0.3 is 14.4 Å². The summed E-state index contributed by atoms with van der Waals surface area (Å²) in [6.45, 7) is 7.00. The molecule has 1 fully saturated rings. The van der Waals surface area contributed by atoms with E-state index in [1.54, 1.807) is 12.1 Å². The van der Waals surface area contributed by atoms with Gasteiger partial charge in [-0.25, -0.2) is 4.39 Å². The standard InChI is InChI=1S/C23H19FNO.C14H16NSi.Ir/c24-20-7-3-6-18-19-14-17(8-9-22(19)26-23(18)20)21-13-16(10-11-25-21)12-15-4-1-2-5-15;1-16(2,3)13-9-10-14(15-11-13)12-7-5-4-6-8-12;/h3,6-7,9-11,13-15H,1-2,4-5,12H2;4-7,9-11H,1-3H3;/q2*-1;. The predicted molar refractivity (Wildman–Crippen MR) is 173 cm³/mol. The fourth-order valence-corrected chi connectivity index (χ4v) is 6.74. The van der Waals surface area contributed by atoms with Crippen molar-refractivity contribution >= 4 is 35.2 Å². The Morgan fingerprint density at radius 3 is 2.42 bits per heavy atom. The van der Waals surface area contributed by atoms with Crippen molar-refractivity contribution in [3.63, 3.8) is 0 Å². The average Bonchev–Trinajstić information content (AvgIpc) is 3.66. The van der Waals surface area contributed by atoms with E-state index in [9.17, 15) is 4.39 Å². The second-order valence-corrected chi connectivity index (χ2v) is 17.3. The minimum absolute atomic E-state index is 0. The number of pyridine rings is 2. The van der Waals surface area contributed by atoms with E-state index >= 15 is 0 Å². The number of fused-ring (bicyclic) bond motifs is 3. The Kier molecular flexibility index (Phi) is 9.70. The maximum Gasteiger partial charge on any atom is 0.165 e. The molecule has 1 saturated carbocycles. The van der Waals surface area contributed by atoms with Crippen molar-refractivity contribution < 1.29 is 28.9 Å². The number of rotatable bonds is 5. The van der Waals surface area contributed by atoms with Crippen LogP contribution >= 0.6 is 0 Å². The molecule has 0 N–H and O–H groups in total. The van der Waals surface area contributed by atoms with Crippen LogP contribution in [0.3, 0.4) is 0 Å². The number of para-hydroxylation sites is 1. The zero-order chi connectivity index (χ0) is 29.1. The molecule has 1 radical (unpaired) electrons. The van der Waals surface area contributed by atoms with Gasteiger partial charge >= 0.3 is 0 Å². The molecule has 0 unspecified atom stereocenters. The number of hydrogen-bond acceptors (Lipinski definition) is 3. The molecule has 3 heterocycles. The Labute approximate surface area is 268 Å². The molecule has 0 spiro atoms. The Morgan fingerprint density at radius 1 is 0.860 bits per heavy atom. The molecule has 0 aliphatic heterocycles. The summed E-state index contributed by atoms with van der Waals surface area (Å²) in [6.07, 6.45) is 10.4. The van der Waals surface area contributed by atoms with Gasteiger partial charge in [0.15, 0.2) is 11.4 Å². The van der Waals surface area contributed by atoms with Gasteiger partial charge in [0.05, 0.1) is 13.7 Å². The molecule has 3 nitrogen and oxygen atoms in total. The maximum atomic E-state index is 14.0. The van der Waals surface area contributed by atoms with Crippen LogP contribution in [0.15, 0.2) is 95.7 Å². The number of hydrogen-bond donors (Lipinski definition) is 0. The minimum atomic E-state index is -1.23. The monoisotopic (exact) mass is 763 g/mol. The summed E-state index contributed by atoms with van der Waals surface area (Å²) in [6, 6.07) is 31.8. The third kappa shape index (κ3) is 7.21. The van der Waals surface area contributed by atoms with E-state index in [-0.39, 0.29) is 25.9 Å². The Bertz CT molecular complexity index is 1810. The molecule has 1 aliphatic rings.